The molecule has 0 unspecified atom stereocenters. The minimum absolute atomic E-state index is 0.132. The van der Waals surface area contributed by atoms with E-state index in [0.717, 1.165) is 12.0 Å². The molecule has 2 amide bonds. The summed E-state index contributed by atoms with van der Waals surface area (Å²) in [6, 6.07) is 13.4. The number of nitrogens with zero attached hydrogens (tertiary/aromatic N) is 1. The quantitative estimate of drug-likeness (QED) is 0.295. The number of carbonyl (C=O) groups excluding carboxylic acids is 4. The molecular weight excluding hydrogens is 430 g/mol. The summed E-state index contributed by atoms with van der Waals surface area (Å²) in [4.78, 5) is 53.0. The number of hydrogen-bond acceptors (Lipinski definition) is 5. The van der Waals surface area contributed by atoms with Gasteiger partial charge < -0.3 is 4.74 Å². The van der Waals surface area contributed by atoms with Gasteiger partial charge in [-0.15, -0.1) is 0 Å². The lowest BCUT2D eigenvalue weighted by molar-refractivity contribution is -0.124. The zero-order valence-corrected chi connectivity index (χ0v) is 19.0. The fourth-order valence-electron chi connectivity index (χ4n) is 6.19. The molecule has 0 aromatic heterocycles. The number of esters is 1. The van der Waals surface area contributed by atoms with Gasteiger partial charge in [0.2, 0.25) is 17.6 Å². The third-order valence-electron chi connectivity index (χ3n) is 8.01. The van der Waals surface area contributed by atoms with E-state index in [0.29, 0.717) is 23.1 Å². The van der Waals surface area contributed by atoms with Gasteiger partial charge in [0, 0.05) is 5.56 Å². The molecule has 1 aliphatic heterocycles. The Kier molecular flexibility index (Phi) is 4.63. The molecule has 7 atom stereocenters. The smallest absolute Gasteiger partial charge is 0.338 e. The van der Waals surface area contributed by atoms with Crippen molar-refractivity contribution in [3.63, 3.8) is 0 Å². The van der Waals surface area contributed by atoms with Crippen molar-refractivity contribution in [2.45, 2.75) is 26.4 Å². The number of amides is 2. The second-order valence-electron chi connectivity index (χ2n) is 9.99. The maximum atomic E-state index is 13.2. The largest absolute Gasteiger partial charge is 0.451 e. The molecule has 1 saturated heterocycles. The number of ether oxygens (including phenoxy) is 1. The number of ketones is 1. The van der Waals surface area contributed by atoms with Crippen LogP contribution in [-0.2, 0) is 14.3 Å². The van der Waals surface area contributed by atoms with Crippen LogP contribution in [0.25, 0.3) is 0 Å². The van der Waals surface area contributed by atoms with E-state index < -0.39 is 12.1 Å². The van der Waals surface area contributed by atoms with Crippen molar-refractivity contribution in [1.82, 2.24) is 0 Å². The normalized spacial score (nSPS) is 31.2. The van der Waals surface area contributed by atoms with Gasteiger partial charge in [-0.2, -0.15) is 0 Å². The van der Waals surface area contributed by atoms with E-state index in [1.54, 1.807) is 31.2 Å². The number of carbonyl (C=O) groups is 4. The molecule has 6 nitrogen and oxygen atoms in total. The summed E-state index contributed by atoms with van der Waals surface area (Å²) >= 11 is 0. The highest BCUT2D eigenvalue weighted by Crippen LogP contribution is 2.65. The van der Waals surface area contributed by atoms with Crippen LogP contribution in [0.1, 0.15) is 39.6 Å². The standard InChI is InChI=1S/C28H25NO5/c1-14-3-5-16(6-4-14)25(30)15(2)34-28(33)17-7-9-18(10-8-17)29-26(31)23-19-11-12-20(22-13-21(19)22)24(23)27(29)32/h3-12,15,19-24H,13H2,1-2H3/t15-,19-,20-,21-,22+,23+,24+/m0/s1. The van der Waals surface area contributed by atoms with E-state index in [1.807, 2.05) is 19.1 Å². The molecule has 2 bridgehead atoms. The minimum Gasteiger partial charge on any atom is -0.451 e. The van der Waals surface area contributed by atoms with Gasteiger partial charge in [0.05, 0.1) is 23.1 Å². The average molecular weight is 456 g/mol. The molecular formula is C28H25NO5. The molecule has 3 fully saturated rings. The fourth-order valence-corrected chi connectivity index (χ4v) is 6.19. The lowest BCUT2D eigenvalue weighted by Crippen LogP contribution is -2.40. The van der Waals surface area contributed by atoms with Crippen molar-refractivity contribution in [2.75, 3.05) is 4.90 Å². The molecule has 2 aromatic carbocycles. The van der Waals surface area contributed by atoms with Crippen LogP contribution in [0.3, 0.4) is 0 Å². The fraction of sp³-hybridized carbons (Fsp3) is 0.357. The number of hydrogen-bond donors (Lipinski definition) is 0. The Morgan fingerprint density at radius 2 is 1.38 bits per heavy atom. The highest BCUT2D eigenvalue weighted by atomic mass is 16.5. The van der Waals surface area contributed by atoms with Gasteiger partial charge in [0.15, 0.2) is 6.10 Å². The molecule has 0 radical (unpaired) electrons. The lowest BCUT2D eigenvalue weighted by atomic mass is 9.63. The average Bonchev–Trinajstić information content (AvgIpc) is 3.62. The first-order chi connectivity index (χ1) is 16.3. The Bertz CT molecular complexity index is 1210. The molecule has 0 spiro atoms. The second kappa shape index (κ2) is 7.49. The van der Waals surface area contributed by atoms with Crippen molar-refractivity contribution in [3.8, 4) is 0 Å². The van der Waals surface area contributed by atoms with Crippen LogP contribution < -0.4 is 4.90 Å². The van der Waals surface area contributed by atoms with Crippen LogP contribution >= 0.6 is 0 Å². The van der Waals surface area contributed by atoms with Crippen molar-refractivity contribution in [3.05, 3.63) is 77.4 Å². The molecule has 34 heavy (non-hydrogen) atoms. The number of allylic oxidation sites excluding steroid dienone is 2. The number of imide groups is 1. The van der Waals surface area contributed by atoms with E-state index in [4.69, 9.17) is 4.74 Å². The zero-order chi connectivity index (χ0) is 23.7. The monoisotopic (exact) mass is 455 g/mol. The van der Waals surface area contributed by atoms with E-state index in [9.17, 15) is 19.2 Å². The number of Topliss-reactive ketones (excluding diaryl/α,β-unsaturated/α-hetero) is 1. The molecule has 5 aliphatic rings. The number of aryl methyl sites for hydroxylation is 1. The Morgan fingerprint density at radius 1 is 0.853 bits per heavy atom. The molecule has 0 N–H and O–H groups in total. The van der Waals surface area contributed by atoms with Crippen molar-refractivity contribution >= 4 is 29.3 Å². The van der Waals surface area contributed by atoms with Crippen molar-refractivity contribution < 1.29 is 23.9 Å². The summed E-state index contributed by atoms with van der Waals surface area (Å²) in [5.41, 5.74) is 2.25. The van der Waals surface area contributed by atoms with Crippen LogP contribution in [0.5, 0.6) is 0 Å². The molecule has 7 rings (SSSR count). The van der Waals surface area contributed by atoms with E-state index >= 15 is 0 Å². The van der Waals surface area contributed by atoms with Gasteiger partial charge in [-0.05, 0) is 68.2 Å². The summed E-state index contributed by atoms with van der Waals surface area (Å²) in [5, 5.41) is 0. The lowest BCUT2D eigenvalue weighted by Gasteiger charge is -2.37. The summed E-state index contributed by atoms with van der Waals surface area (Å²) in [6.07, 6.45) is 4.48. The van der Waals surface area contributed by atoms with E-state index in [2.05, 4.69) is 12.2 Å². The summed E-state index contributed by atoms with van der Waals surface area (Å²) in [7, 11) is 0. The summed E-state index contributed by atoms with van der Waals surface area (Å²) in [5.74, 6) is -0.249. The maximum absolute atomic E-state index is 13.2. The Balaban J connectivity index is 1.16. The van der Waals surface area contributed by atoms with Crippen LogP contribution in [0, 0.1) is 42.4 Å². The second-order valence-corrected chi connectivity index (χ2v) is 9.99. The van der Waals surface area contributed by atoms with Crippen molar-refractivity contribution in [2.24, 2.45) is 35.5 Å². The minimum atomic E-state index is -0.936. The molecule has 172 valence electrons. The van der Waals surface area contributed by atoms with Gasteiger partial charge in [-0.3, -0.25) is 19.3 Å². The predicted octanol–water partition coefficient (Wildman–Crippen LogP) is 3.98. The highest BCUT2D eigenvalue weighted by molar-refractivity contribution is 6.22. The van der Waals surface area contributed by atoms with Crippen LogP contribution in [-0.4, -0.2) is 29.7 Å². The third-order valence-corrected chi connectivity index (χ3v) is 8.01. The first-order valence-corrected chi connectivity index (χ1v) is 11.8. The van der Waals surface area contributed by atoms with Gasteiger partial charge in [-0.1, -0.05) is 42.0 Å². The topological polar surface area (TPSA) is 80.8 Å². The van der Waals surface area contributed by atoms with Gasteiger partial charge in [0.1, 0.15) is 0 Å². The van der Waals surface area contributed by atoms with Crippen LogP contribution in [0.2, 0.25) is 0 Å². The number of rotatable bonds is 5. The molecule has 2 saturated carbocycles. The molecule has 6 heteroatoms. The zero-order valence-electron chi connectivity index (χ0n) is 19.0. The predicted molar refractivity (Wildman–Crippen MR) is 124 cm³/mol. The third kappa shape index (κ3) is 3.08. The Morgan fingerprint density at radius 3 is 1.94 bits per heavy atom. The number of anilines is 1. The van der Waals surface area contributed by atoms with Crippen LogP contribution in [0.15, 0.2) is 60.7 Å². The SMILES string of the molecule is Cc1ccc(C(=O)[C@H](C)OC(=O)c2ccc(N3C(=O)[C@@H]4[C@H]5C=C[C@@H]([C@@H]6C[C@H]56)[C@H]4C3=O)cc2)cc1. The van der Waals surface area contributed by atoms with Gasteiger partial charge >= 0.3 is 5.97 Å². The molecule has 1 heterocycles. The Hall–Kier alpha value is -3.54. The first kappa shape index (κ1) is 21.0. The highest BCUT2D eigenvalue weighted by Gasteiger charge is 2.67. The number of benzene rings is 2. The first-order valence-electron chi connectivity index (χ1n) is 11.8. The van der Waals surface area contributed by atoms with Gasteiger partial charge in [0.25, 0.3) is 0 Å². The Labute approximate surface area is 197 Å². The van der Waals surface area contributed by atoms with Crippen molar-refractivity contribution in [1.29, 1.82) is 0 Å². The van der Waals surface area contributed by atoms with E-state index in [-0.39, 0.29) is 46.8 Å². The van der Waals surface area contributed by atoms with Gasteiger partial charge in [-0.25, -0.2) is 4.79 Å². The molecule has 2 aromatic rings. The van der Waals surface area contributed by atoms with Crippen LogP contribution in [0.4, 0.5) is 5.69 Å². The summed E-state index contributed by atoms with van der Waals surface area (Å²) in [6.45, 7) is 3.48. The summed E-state index contributed by atoms with van der Waals surface area (Å²) < 4.78 is 5.38. The molecule has 4 aliphatic carbocycles. The van der Waals surface area contributed by atoms with E-state index in [1.165, 1.54) is 17.0 Å². The maximum Gasteiger partial charge on any atom is 0.338 e.